The Morgan fingerprint density at radius 1 is 1.03 bits per heavy atom. The molecule has 4 nitrogen and oxygen atoms in total. The Kier molecular flexibility index (Phi) is 8.87. The van der Waals surface area contributed by atoms with Gasteiger partial charge < -0.3 is 13.9 Å². The molecule has 3 aromatic rings. The highest BCUT2D eigenvalue weighted by Gasteiger charge is 2.31. The molecule has 3 rings (SSSR count). The molecule has 0 N–H and O–H groups in total. The second-order valence-electron chi connectivity index (χ2n) is 8.93. The van der Waals surface area contributed by atoms with Crippen molar-refractivity contribution in [3.05, 3.63) is 58.8 Å². The van der Waals surface area contributed by atoms with Crippen LogP contribution in [0.3, 0.4) is 0 Å². The van der Waals surface area contributed by atoms with Gasteiger partial charge in [-0.15, -0.1) is 0 Å². The van der Waals surface area contributed by atoms with Crippen LogP contribution < -0.4 is 9.47 Å². The van der Waals surface area contributed by atoms with Gasteiger partial charge in [-0.2, -0.15) is 13.2 Å². The van der Waals surface area contributed by atoms with E-state index in [1.165, 1.54) is 6.07 Å². The van der Waals surface area contributed by atoms with E-state index in [-0.39, 0.29) is 17.5 Å². The molecule has 0 fully saturated rings. The number of halogens is 3. The number of benzene rings is 2. The van der Waals surface area contributed by atoms with Gasteiger partial charge in [-0.1, -0.05) is 32.8 Å². The molecule has 0 aliphatic carbocycles. The number of hydrogen-bond donors (Lipinski definition) is 0. The number of furan rings is 1. The number of ether oxygens (including phenoxy) is 2. The van der Waals surface area contributed by atoms with Crippen LogP contribution in [0.1, 0.15) is 80.7 Å². The van der Waals surface area contributed by atoms with E-state index in [1.54, 1.807) is 12.1 Å². The molecule has 2 aromatic carbocycles. The lowest BCUT2D eigenvalue weighted by Gasteiger charge is -2.16. The minimum atomic E-state index is -4.41. The predicted molar refractivity (Wildman–Crippen MR) is 130 cm³/mol. The monoisotopic (exact) mass is 490 g/mol. The van der Waals surface area contributed by atoms with Gasteiger partial charge in [0.2, 0.25) is 0 Å². The predicted octanol–water partition coefficient (Wildman–Crippen LogP) is 8.52. The molecule has 1 heterocycles. The molecule has 1 atom stereocenters. The van der Waals surface area contributed by atoms with E-state index >= 15 is 0 Å². The van der Waals surface area contributed by atoms with Crippen molar-refractivity contribution >= 4 is 16.9 Å². The minimum Gasteiger partial charge on any atom is -0.494 e. The molecule has 1 unspecified atom stereocenters. The Hall–Kier alpha value is -2.96. The lowest BCUT2D eigenvalue weighted by molar-refractivity contribution is -0.137. The lowest BCUT2D eigenvalue weighted by atomic mass is 9.93. The SMILES string of the molecule is CCCCC(CCOc1ccc(OC(=O)CCC)c(C)c1)c1oc2cc(C(F)(F)F)ccc2c1C. The Morgan fingerprint density at radius 3 is 2.46 bits per heavy atom. The van der Waals surface area contributed by atoms with Crippen LogP contribution in [-0.2, 0) is 11.0 Å². The van der Waals surface area contributed by atoms with Gasteiger partial charge in [-0.25, -0.2) is 0 Å². The first-order valence-corrected chi connectivity index (χ1v) is 12.2. The largest absolute Gasteiger partial charge is 0.494 e. The summed E-state index contributed by atoms with van der Waals surface area (Å²) in [6.45, 7) is 8.21. The smallest absolute Gasteiger partial charge is 0.416 e. The normalized spacial score (nSPS) is 12.7. The van der Waals surface area contributed by atoms with Crippen LogP contribution in [0.2, 0.25) is 0 Å². The summed E-state index contributed by atoms with van der Waals surface area (Å²) in [5.41, 5.74) is 1.24. The van der Waals surface area contributed by atoms with Crippen molar-refractivity contribution in [2.24, 2.45) is 0 Å². The number of rotatable bonds is 11. The molecule has 190 valence electrons. The zero-order chi connectivity index (χ0) is 25.6. The Morgan fingerprint density at radius 2 is 1.80 bits per heavy atom. The molecular formula is C28H33F3O4. The van der Waals surface area contributed by atoms with Crippen molar-refractivity contribution in [3.8, 4) is 11.5 Å². The van der Waals surface area contributed by atoms with Crippen molar-refractivity contribution in [2.45, 2.75) is 78.3 Å². The summed E-state index contributed by atoms with van der Waals surface area (Å²) in [5, 5.41) is 0.708. The first kappa shape index (κ1) is 26.6. The van der Waals surface area contributed by atoms with Gasteiger partial charge in [0.25, 0.3) is 0 Å². The quantitative estimate of drug-likeness (QED) is 0.200. The first-order valence-electron chi connectivity index (χ1n) is 12.2. The number of fused-ring (bicyclic) bond motifs is 1. The molecule has 0 saturated heterocycles. The Labute approximate surface area is 204 Å². The van der Waals surface area contributed by atoms with Crippen LogP contribution >= 0.6 is 0 Å². The highest BCUT2D eigenvalue weighted by Crippen LogP contribution is 2.38. The molecule has 0 spiro atoms. The molecule has 35 heavy (non-hydrogen) atoms. The fourth-order valence-corrected chi connectivity index (χ4v) is 4.19. The summed E-state index contributed by atoms with van der Waals surface area (Å²) < 4.78 is 56.8. The first-order chi connectivity index (χ1) is 16.6. The number of esters is 1. The molecule has 0 radical (unpaired) electrons. The van der Waals surface area contributed by atoms with Crippen LogP contribution in [0.4, 0.5) is 13.2 Å². The van der Waals surface area contributed by atoms with Crippen LogP contribution in [0.5, 0.6) is 11.5 Å². The molecule has 0 aliphatic heterocycles. The van der Waals surface area contributed by atoms with Crippen molar-refractivity contribution in [3.63, 3.8) is 0 Å². The number of unbranched alkanes of at least 4 members (excludes halogenated alkanes) is 1. The van der Waals surface area contributed by atoms with E-state index in [2.05, 4.69) is 6.92 Å². The minimum absolute atomic E-state index is 0.0343. The summed E-state index contributed by atoms with van der Waals surface area (Å²) in [6, 6.07) is 9.01. The van der Waals surface area contributed by atoms with Crippen LogP contribution in [0.25, 0.3) is 11.0 Å². The highest BCUT2D eigenvalue weighted by molar-refractivity contribution is 5.83. The number of hydrogen-bond acceptors (Lipinski definition) is 4. The lowest BCUT2D eigenvalue weighted by Crippen LogP contribution is -2.09. The maximum atomic E-state index is 13.1. The van der Waals surface area contributed by atoms with Gasteiger partial charge in [0.1, 0.15) is 22.8 Å². The van der Waals surface area contributed by atoms with Gasteiger partial charge >= 0.3 is 12.1 Å². The van der Waals surface area contributed by atoms with Gasteiger partial charge in [0, 0.05) is 17.7 Å². The van der Waals surface area contributed by atoms with E-state index in [9.17, 15) is 18.0 Å². The maximum Gasteiger partial charge on any atom is 0.416 e. The fourth-order valence-electron chi connectivity index (χ4n) is 4.19. The van der Waals surface area contributed by atoms with Crippen LogP contribution in [0.15, 0.2) is 40.8 Å². The van der Waals surface area contributed by atoms with Crippen LogP contribution in [0, 0.1) is 13.8 Å². The van der Waals surface area contributed by atoms with Gasteiger partial charge in [-0.05, 0) is 74.6 Å². The number of alkyl halides is 3. The van der Waals surface area contributed by atoms with Crippen molar-refractivity contribution in [1.29, 1.82) is 0 Å². The van der Waals surface area contributed by atoms with E-state index in [1.807, 2.05) is 26.8 Å². The van der Waals surface area contributed by atoms with Crippen molar-refractivity contribution in [1.82, 2.24) is 0 Å². The standard InChI is InChI=1S/C28H33F3O4/c1-5-7-9-20(27-19(4)23-12-10-21(28(29,30)31)17-25(23)35-27)14-15-33-22-11-13-24(18(3)16-22)34-26(32)8-6-2/h10-13,16-17,20H,5-9,14-15H2,1-4H3. The molecular weight excluding hydrogens is 457 g/mol. The number of carbonyl (C=O) groups is 1. The third-order valence-electron chi connectivity index (χ3n) is 6.14. The Bertz CT molecular complexity index is 1150. The average Bonchev–Trinajstić information content (AvgIpc) is 3.13. The second kappa shape index (κ2) is 11.6. The van der Waals surface area contributed by atoms with E-state index in [0.717, 1.165) is 54.7 Å². The molecule has 1 aromatic heterocycles. The van der Waals surface area contributed by atoms with Gasteiger partial charge in [-0.3, -0.25) is 4.79 Å². The maximum absolute atomic E-state index is 13.1. The summed E-state index contributed by atoms with van der Waals surface area (Å²) in [4.78, 5) is 11.8. The zero-order valence-corrected chi connectivity index (χ0v) is 20.8. The summed E-state index contributed by atoms with van der Waals surface area (Å²) in [6.07, 6.45) is 0.198. The van der Waals surface area contributed by atoms with E-state index in [4.69, 9.17) is 13.9 Å². The van der Waals surface area contributed by atoms with Crippen molar-refractivity contribution < 1.29 is 31.9 Å². The van der Waals surface area contributed by atoms with Gasteiger partial charge in [0.05, 0.1) is 12.2 Å². The van der Waals surface area contributed by atoms with Crippen LogP contribution in [-0.4, -0.2) is 12.6 Å². The van der Waals surface area contributed by atoms with Gasteiger partial charge in [0.15, 0.2) is 0 Å². The fraction of sp³-hybridized carbons (Fsp3) is 0.464. The molecule has 0 saturated carbocycles. The summed E-state index contributed by atoms with van der Waals surface area (Å²) in [5.74, 6) is 1.69. The number of aryl methyl sites for hydroxylation is 2. The average molecular weight is 491 g/mol. The van der Waals surface area contributed by atoms with E-state index in [0.29, 0.717) is 36.3 Å². The molecule has 7 heteroatoms. The molecule has 0 bridgehead atoms. The third kappa shape index (κ3) is 6.80. The Balaban J connectivity index is 1.72. The number of carbonyl (C=O) groups excluding carboxylic acids is 1. The third-order valence-corrected chi connectivity index (χ3v) is 6.14. The molecule has 0 amide bonds. The van der Waals surface area contributed by atoms with E-state index < -0.39 is 11.7 Å². The summed E-state index contributed by atoms with van der Waals surface area (Å²) >= 11 is 0. The topological polar surface area (TPSA) is 48.7 Å². The highest BCUT2D eigenvalue weighted by atomic mass is 19.4. The van der Waals surface area contributed by atoms with Crippen molar-refractivity contribution in [2.75, 3.05) is 6.61 Å². The molecule has 0 aliphatic rings. The summed E-state index contributed by atoms with van der Waals surface area (Å²) in [7, 11) is 0. The second-order valence-corrected chi connectivity index (χ2v) is 8.93. The zero-order valence-electron chi connectivity index (χ0n) is 20.8.